The summed E-state index contributed by atoms with van der Waals surface area (Å²) in [5, 5.41) is 1.34. The van der Waals surface area contributed by atoms with Gasteiger partial charge in [0.2, 0.25) is 6.29 Å². The van der Waals surface area contributed by atoms with E-state index in [2.05, 4.69) is 30.7 Å². The lowest BCUT2D eigenvalue weighted by atomic mass is 10.2. The molecule has 92 valence electrons. The molecule has 3 nitrogen and oxygen atoms in total. The molecule has 0 unspecified atom stereocenters. The molecule has 0 radical (unpaired) electrons. The largest absolute Gasteiger partial charge is 0.345 e. The second-order valence-electron chi connectivity index (χ2n) is 4.54. The molecule has 0 aromatic carbocycles. The average Bonchev–Trinajstić information content (AvgIpc) is 2.82. The minimum Gasteiger partial charge on any atom is -0.345 e. The Balaban J connectivity index is 2.33. The van der Waals surface area contributed by atoms with Crippen LogP contribution in [0.25, 0.3) is 0 Å². The third-order valence-electron chi connectivity index (χ3n) is 2.85. The summed E-state index contributed by atoms with van der Waals surface area (Å²) in [6.07, 6.45) is 4.43. The Labute approximate surface area is 104 Å². The second-order valence-corrected chi connectivity index (χ2v) is 7.47. The fourth-order valence-electron chi connectivity index (χ4n) is 1.99. The summed E-state index contributed by atoms with van der Waals surface area (Å²) in [5.74, 6) is 0. The van der Waals surface area contributed by atoms with Gasteiger partial charge in [-0.2, -0.15) is 0 Å². The van der Waals surface area contributed by atoms with Gasteiger partial charge in [0.1, 0.15) is 0 Å². The van der Waals surface area contributed by atoms with Crippen LogP contribution in [0, 0.1) is 0 Å². The third kappa shape index (κ3) is 2.83. The molecule has 0 N–H and O–H groups in total. The normalized spacial score (nSPS) is 16.6. The summed E-state index contributed by atoms with van der Waals surface area (Å²) >= 11 is 0. The van der Waals surface area contributed by atoms with Gasteiger partial charge in [-0.05, 0) is 17.2 Å². The van der Waals surface area contributed by atoms with Gasteiger partial charge < -0.3 is 9.47 Å². The summed E-state index contributed by atoms with van der Waals surface area (Å²) in [7, 11) is -0.934. The molecule has 0 atom stereocenters. The van der Waals surface area contributed by atoms with Crippen molar-refractivity contribution in [3.05, 3.63) is 36.2 Å². The van der Waals surface area contributed by atoms with Gasteiger partial charge in [0.25, 0.3) is 0 Å². The van der Waals surface area contributed by atoms with Crippen LogP contribution in [-0.2, 0) is 15.9 Å². The Kier molecular flexibility index (Phi) is 4.09. The zero-order chi connectivity index (χ0) is 12.3. The van der Waals surface area contributed by atoms with E-state index in [9.17, 15) is 0 Å². The molecular weight excluding hydrogens is 230 g/mol. The summed E-state index contributed by atoms with van der Waals surface area (Å²) in [6, 6.07) is 2.24. The van der Waals surface area contributed by atoms with E-state index >= 15 is 0 Å². The molecule has 17 heavy (non-hydrogen) atoms. The number of ether oxygens (including phenoxy) is 2. The van der Waals surface area contributed by atoms with Gasteiger partial charge in [-0.15, -0.1) is 6.58 Å². The summed E-state index contributed by atoms with van der Waals surface area (Å²) < 4.78 is 11.1. The summed E-state index contributed by atoms with van der Waals surface area (Å²) in [5.41, 5.74) is 2.20. The fraction of sp³-hybridized carbons (Fsp3) is 0.462. The second kappa shape index (κ2) is 5.58. The quantitative estimate of drug-likeness (QED) is 0.599. The Bertz CT molecular complexity index is 400. The lowest BCUT2D eigenvalue weighted by Crippen LogP contribution is -2.30. The number of rotatable bonds is 4. The lowest BCUT2D eigenvalue weighted by molar-refractivity contribution is -0.0465. The highest BCUT2D eigenvalue weighted by Crippen LogP contribution is 2.20. The number of aromatic nitrogens is 1. The van der Waals surface area contributed by atoms with Crippen molar-refractivity contribution in [2.45, 2.75) is 25.8 Å². The van der Waals surface area contributed by atoms with E-state index in [4.69, 9.17) is 9.47 Å². The van der Waals surface area contributed by atoms with E-state index < -0.39 is 8.80 Å². The maximum Gasteiger partial charge on any atom is 0.201 e. The van der Waals surface area contributed by atoms with Crippen molar-refractivity contribution in [3.63, 3.8) is 0 Å². The van der Waals surface area contributed by atoms with Gasteiger partial charge in [-0.1, -0.05) is 25.2 Å². The monoisotopic (exact) mass is 249 g/mol. The first-order chi connectivity index (χ1) is 8.22. The first-order valence-electron chi connectivity index (χ1n) is 6.05. The number of allylic oxidation sites excluding steroid dienone is 1. The number of hydrogen-bond donors (Lipinski definition) is 0. The molecule has 1 saturated heterocycles. The van der Waals surface area contributed by atoms with Gasteiger partial charge in [0.05, 0.1) is 27.7 Å². The topological polar surface area (TPSA) is 31.4 Å². The molecule has 1 aliphatic rings. The Hall–Kier alpha value is -0.973. The van der Waals surface area contributed by atoms with Gasteiger partial charge >= 0.3 is 0 Å². The van der Waals surface area contributed by atoms with E-state index in [1.54, 1.807) is 0 Å². The Morgan fingerprint density at radius 1 is 1.47 bits per heavy atom. The van der Waals surface area contributed by atoms with Gasteiger partial charge in [0.15, 0.2) is 0 Å². The molecule has 0 saturated carbocycles. The van der Waals surface area contributed by atoms with Crippen molar-refractivity contribution >= 4 is 14.0 Å². The molecule has 0 amide bonds. The minimum absolute atomic E-state index is 0.252. The highest BCUT2D eigenvalue weighted by molar-refractivity contribution is 6.71. The van der Waals surface area contributed by atoms with Crippen LogP contribution in [0.3, 0.4) is 0 Å². The van der Waals surface area contributed by atoms with E-state index in [1.807, 2.05) is 12.3 Å². The van der Waals surface area contributed by atoms with Crippen LogP contribution in [0.4, 0.5) is 0 Å². The Morgan fingerprint density at radius 3 is 2.76 bits per heavy atom. The Morgan fingerprint density at radius 2 is 2.18 bits per heavy atom. The molecule has 0 aliphatic carbocycles. The first-order valence-corrected chi connectivity index (χ1v) is 8.94. The number of nitrogens with zero attached hydrogens (tertiary/aromatic N) is 1. The molecule has 0 spiro atoms. The average molecular weight is 249 g/mol. The molecule has 1 aromatic heterocycles. The molecule has 1 aliphatic heterocycles. The highest BCUT2D eigenvalue weighted by atomic mass is 28.3. The van der Waals surface area contributed by atoms with E-state index in [0.717, 1.165) is 12.1 Å². The third-order valence-corrected chi connectivity index (χ3v) is 4.56. The maximum absolute atomic E-state index is 5.55. The zero-order valence-electron chi connectivity index (χ0n) is 10.5. The molecule has 4 heteroatoms. The fourth-order valence-corrected chi connectivity index (χ4v) is 3.34. The summed E-state index contributed by atoms with van der Waals surface area (Å²) in [6.45, 7) is 9.70. The molecule has 2 rings (SSSR count). The predicted molar refractivity (Wildman–Crippen MR) is 71.3 cm³/mol. The minimum atomic E-state index is -0.934. The zero-order valence-corrected chi connectivity index (χ0v) is 11.6. The van der Waals surface area contributed by atoms with E-state index in [1.165, 1.54) is 10.8 Å². The number of hydrogen-bond acceptors (Lipinski definition) is 3. The smallest absolute Gasteiger partial charge is 0.201 e. The molecule has 1 aromatic rings. The maximum atomic E-state index is 5.55. The molecule has 2 heterocycles. The molecule has 1 fully saturated rings. The van der Waals surface area contributed by atoms with Crippen molar-refractivity contribution in [2.75, 3.05) is 13.2 Å². The van der Waals surface area contributed by atoms with Crippen LogP contribution in [0.1, 0.15) is 17.5 Å². The summed E-state index contributed by atoms with van der Waals surface area (Å²) in [4.78, 5) is 4.54. The standard InChI is InChI=1S/C13H19NO2Si/c1-4-5-10-8-11(17(2)3)12(14-9-10)13-15-6-7-16-13/h4,8-9,13,17H,1,5-7H2,2-3H3. The highest BCUT2D eigenvalue weighted by Gasteiger charge is 2.24. The first kappa shape index (κ1) is 12.5. The molecular formula is C13H19NO2Si. The lowest BCUT2D eigenvalue weighted by Gasteiger charge is -2.16. The van der Waals surface area contributed by atoms with Crippen molar-refractivity contribution in [1.82, 2.24) is 4.98 Å². The van der Waals surface area contributed by atoms with Crippen molar-refractivity contribution in [2.24, 2.45) is 0 Å². The van der Waals surface area contributed by atoms with Gasteiger partial charge in [-0.3, -0.25) is 4.98 Å². The van der Waals surface area contributed by atoms with Gasteiger partial charge in [0, 0.05) is 6.20 Å². The van der Waals surface area contributed by atoms with Crippen LogP contribution >= 0.6 is 0 Å². The van der Waals surface area contributed by atoms with E-state index in [0.29, 0.717) is 13.2 Å². The van der Waals surface area contributed by atoms with Crippen LogP contribution < -0.4 is 5.19 Å². The van der Waals surface area contributed by atoms with Crippen LogP contribution in [-0.4, -0.2) is 27.0 Å². The predicted octanol–water partition coefficient (Wildman–Crippen LogP) is 1.55. The van der Waals surface area contributed by atoms with E-state index in [-0.39, 0.29) is 6.29 Å². The van der Waals surface area contributed by atoms with Crippen molar-refractivity contribution < 1.29 is 9.47 Å². The van der Waals surface area contributed by atoms with Crippen LogP contribution in [0.2, 0.25) is 13.1 Å². The van der Waals surface area contributed by atoms with Gasteiger partial charge in [-0.25, -0.2) is 0 Å². The number of pyridine rings is 1. The SMILES string of the molecule is C=CCc1cnc(C2OCCO2)c([SiH](C)C)c1. The van der Waals surface area contributed by atoms with Crippen LogP contribution in [0.15, 0.2) is 24.9 Å². The van der Waals surface area contributed by atoms with Crippen LogP contribution in [0.5, 0.6) is 0 Å². The van der Waals surface area contributed by atoms with Crippen molar-refractivity contribution in [3.8, 4) is 0 Å². The molecule has 0 bridgehead atoms. The van der Waals surface area contributed by atoms with Crippen molar-refractivity contribution in [1.29, 1.82) is 0 Å².